The zero-order valence-corrected chi connectivity index (χ0v) is 22.2. The summed E-state index contributed by atoms with van der Waals surface area (Å²) in [4.78, 5) is 15.1. The SMILES string of the molecule is C=C/C=C/C(C)C#Cc1cccnc(CNC)[nH]cc1.C=C/C=C/c1cnc([C@@H]2CCCN2)[nH]1.CC. The van der Waals surface area contributed by atoms with E-state index in [1.807, 2.05) is 75.8 Å². The summed E-state index contributed by atoms with van der Waals surface area (Å²) < 4.78 is 0. The molecule has 1 aliphatic heterocycles. The molecule has 3 rings (SSSR count). The van der Waals surface area contributed by atoms with Gasteiger partial charge < -0.3 is 20.6 Å². The molecule has 3 heterocycles. The fourth-order valence-corrected chi connectivity index (χ4v) is 3.14. The largest absolute Gasteiger partial charge is 0.349 e. The summed E-state index contributed by atoms with van der Waals surface area (Å²) in [6.07, 6.45) is 19.2. The van der Waals surface area contributed by atoms with Crippen molar-refractivity contribution in [2.45, 2.75) is 46.2 Å². The van der Waals surface area contributed by atoms with E-state index in [0.717, 1.165) is 29.5 Å². The van der Waals surface area contributed by atoms with Crippen LogP contribution in [0.2, 0.25) is 0 Å². The van der Waals surface area contributed by atoms with Crippen LogP contribution in [0.1, 0.15) is 62.6 Å². The van der Waals surface area contributed by atoms with E-state index in [4.69, 9.17) is 0 Å². The van der Waals surface area contributed by atoms with Gasteiger partial charge in [0.05, 0.1) is 24.5 Å². The number of hydrogen-bond donors (Lipinski definition) is 4. The molecule has 2 aromatic heterocycles. The van der Waals surface area contributed by atoms with Crippen molar-refractivity contribution in [3.63, 3.8) is 0 Å². The van der Waals surface area contributed by atoms with E-state index < -0.39 is 0 Å². The zero-order valence-electron chi connectivity index (χ0n) is 22.2. The lowest BCUT2D eigenvalue weighted by atomic mass is 10.1. The Kier molecular flexibility index (Phi) is 16.6. The molecule has 0 radical (unpaired) electrons. The van der Waals surface area contributed by atoms with Gasteiger partial charge in [-0.25, -0.2) is 9.97 Å². The van der Waals surface area contributed by atoms with Crippen molar-refractivity contribution in [2.75, 3.05) is 13.6 Å². The second-order valence-corrected chi connectivity index (χ2v) is 7.69. The maximum Gasteiger partial charge on any atom is 0.123 e. The Morgan fingerprint density at radius 1 is 1.19 bits per heavy atom. The highest BCUT2D eigenvalue weighted by molar-refractivity contribution is 5.45. The van der Waals surface area contributed by atoms with Crippen LogP contribution in [-0.2, 0) is 6.54 Å². The molecule has 6 heteroatoms. The van der Waals surface area contributed by atoms with Crippen molar-refractivity contribution in [1.82, 2.24) is 30.6 Å². The molecule has 2 atom stereocenters. The van der Waals surface area contributed by atoms with E-state index in [-0.39, 0.29) is 5.92 Å². The molecule has 36 heavy (non-hydrogen) atoms. The summed E-state index contributed by atoms with van der Waals surface area (Å²) in [6, 6.07) is 6.20. The first kappa shape index (κ1) is 30.4. The van der Waals surface area contributed by atoms with Crippen molar-refractivity contribution < 1.29 is 0 Å². The molecule has 1 unspecified atom stereocenters. The second kappa shape index (κ2) is 19.6. The number of allylic oxidation sites excluding steroid dienone is 5. The van der Waals surface area contributed by atoms with E-state index in [9.17, 15) is 0 Å². The summed E-state index contributed by atoms with van der Waals surface area (Å²) in [5, 5.41) is 6.46. The summed E-state index contributed by atoms with van der Waals surface area (Å²) in [7, 11) is 1.89. The van der Waals surface area contributed by atoms with Crippen LogP contribution in [-0.4, -0.2) is 33.5 Å². The van der Waals surface area contributed by atoms with Crippen LogP contribution in [0.15, 0.2) is 80.3 Å². The number of imidazole rings is 1. The van der Waals surface area contributed by atoms with Crippen LogP contribution in [0.3, 0.4) is 0 Å². The molecule has 1 aliphatic rings. The molecule has 1 saturated heterocycles. The maximum atomic E-state index is 4.35. The van der Waals surface area contributed by atoms with Crippen molar-refractivity contribution in [2.24, 2.45) is 5.92 Å². The van der Waals surface area contributed by atoms with Gasteiger partial charge in [-0.05, 0) is 57.6 Å². The van der Waals surface area contributed by atoms with Gasteiger partial charge in [0.25, 0.3) is 0 Å². The minimum absolute atomic E-state index is 0.197. The molecule has 2 aromatic rings. The number of aromatic amines is 2. The van der Waals surface area contributed by atoms with Gasteiger partial charge in [-0.15, -0.1) is 0 Å². The Morgan fingerprint density at radius 3 is 2.69 bits per heavy atom. The van der Waals surface area contributed by atoms with Crippen molar-refractivity contribution in [3.8, 4) is 11.8 Å². The van der Waals surface area contributed by atoms with Gasteiger partial charge in [0.15, 0.2) is 0 Å². The Balaban J connectivity index is 0.000000353. The number of hydrogen-bond acceptors (Lipinski definition) is 4. The van der Waals surface area contributed by atoms with E-state index in [1.54, 1.807) is 18.3 Å². The van der Waals surface area contributed by atoms with Crippen LogP contribution in [0, 0.1) is 17.8 Å². The molecule has 0 saturated carbocycles. The third-order valence-electron chi connectivity index (χ3n) is 4.85. The molecule has 192 valence electrons. The van der Waals surface area contributed by atoms with E-state index in [1.165, 1.54) is 12.8 Å². The van der Waals surface area contributed by atoms with Crippen LogP contribution in [0.25, 0.3) is 6.08 Å². The predicted octanol–water partition coefficient (Wildman–Crippen LogP) is 6.04. The first-order valence-electron chi connectivity index (χ1n) is 12.6. The monoisotopic (exact) mass is 486 g/mol. The van der Waals surface area contributed by atoms with E-state index in [2.05, 4.69) is 62.5 Å². The molecule has 4 N–H and O–H groups in total. The highest BCUT2D eigenvalue weighted by atomic mass is 15.0. The molecule has 0 aliphatic carbocycles. The third-order valence-corrected chi connectivity index (χ3v) is 4.85. The van der Waals surface area contributed by atoms with Crippen LogP contribution < -0.4 is 10.6 Å². The highest BCUT2D eigenvalue weighted by Crippen LogP contribution is 2.20. The van der Waals surface area contributed by atoms with Gasteiger partial charge in [0.2, 0.25) is 0 Å². The smallest absolute Gasteiger partial charge is 0.123 e. The summed E-state index contributed by atoms with van der Waals surface area (Å²) in [5.41, 5.74) is 1.97. The van der Waals surface area contributed by atoms with Crippen molar-refractivity contribution in [3.05, 3.63) is 103 Å². The standard InChI is InChI=1S/C17H21N3.C11H15N3.C2H6/c1-4-5-7-15(2)9-10-16-8-6-12-19-17(14-18-3)20-13-11-16;1-2-3-5-9-8-13-11(14-9)10-6-4-7-12-10;1-2/h4-8,11-13,15,18H,1,14H2,2-3H3,(H,19,20);2-3,5,8,10,12H,1,4,6-7H2,(H,13,14);1-2H3/b7-5+,12-6?,13-11?,16-8?;5-3+;/t;10-;/m.0./s1. The van der Waals surface area contributed by atoms with Crippen molar-refractivity contribution >= 4 is 6.08 Å². The zero-order chi connectivity index (χ0) is 26.4. The first-order chi connectivity index (χ1) is 17.7. The van der Waals surface area contributed by atoms with Gasteiger partial charge in [-0.1, -0.05) is 69.2 Å². The maximum absolute atomic E-state index is 4.35. The molecular formula is C30H42N6. The lowest BCUT2D eigenvalue weighted by molar-refractivity contribution is 0.612. The molecule has 1 fully saturated rings. The van der Waals surface area contributed by atoms with Crippen LogP contribution in [0.5, 0.6) is 0 Å². The topological polar surface area (TPSA) is 81.4 Å². The van der Waals surface area contributed by atoms with Gasteiger partial charge in [-0.3, -0.25) is 0 Å². The lowest BCUT2D eigenvalue weighted by Crippen LogP contribution is -2.14. The number of aromatic nitrogens is 4. The number of rotatable bonds is 7. The van der Waals surface area contributed by atoms with E-state index >= 15 is 0 Å². The number of H-pyrrole nitrogens is 2. The minimum atomic E-state index is 0.197. The molecule has 6 nitrogen and oxygen atoms in total. The lowest BCUT2D eigenvalue weighted by Gasteiger charge is -2.04. The Labute approximate surface area is 217 Å². The summed E-state index contributed by atoms with van der Waals surface area (Å²) >= 11 is 0. The average Bonchev–Trinajstić information content (AvgIpc) is 3.61. The normalized spacial score (nSPS) is 14.9. The molecule has 0 spiro atoms. The van der Waals surface area contributed by atoms with Gasteiger partial charge in [0.1, 0.15) is 11.6 Å². The Hall–Kier alpha value is -3.66. The average molecular weight is 487 g/mol. The fraction of sp³-hybridized carbons (Fsp3) is 0.333. The van der Waals surface area contributed by atoms with E-state index in [0.29, 0.717) is 12.6 Å². The molecule has 0 bridgehead atoms. The number of nitrogens with zero attached hydrogens (tertiary/aromatic N) is 2. The van der Waals surface area contributed by atoms with Gasteiger partial charge >= 0.3 is 0 Å². The van der Waals surface area contributed by atoms with Gasteiger partial charge in [-0.2, -0.15) is 0 Å². The highest BCUT2D eigenvalue weighted by Gasteiger charge is 2.18. The summed E-state index contributed by atoms with van der Waals surface area (Å²) in [5.74, 6) is 8.44. The quantitative estimate of drug-likeness (QED) is 0.284. The second-order valence-electron chi connectivity index (χ2n) is 7.69. The minimum Gasteiger partial charge on any atom is -0.349 e. The predicted molar refractivity (Wildman–Crippen MR) is 154 cm³/mol. The van der Waals surface area contributed by atoms with Gasteiger partial charge in [0, 0.05) is 23.9 Å². The first-order valence-corrected chi connectivity index (χ1v) is 12.6. The molecule has 0 amide bonds. The molecule has 0 aromatic carbocycles. The third kappa shape index (κ3) is 12.7. The van der Waals surface area contributed by atoms with Crippen LogP contribution >= 0.6 is 0 Å². The number of nitrogens with one attached hydrogen (secondary N) is 4. The van der Waals surface area contributed by atoms with Crippen molar-refractivity contribution in [1.29, 1.82) is 0 Å². The Bertz CT molecular complexity index is 1060. The molecular weight excluding hydrogens is 444 g/mol. The van der Waals surface area contributed by atoms with Crippen LogP contribution in [0.4, 0.5) is 0 Å². The fourth-order valence-electron chi connectivity index (χ4n) is 3.14. The summed E-state index contributed by atoms with van der Waals surface area (Å²) in [6.45, 7) is 15.1. The Morgan fingerprint density at radius 2 is 2.00 bits per heavy atom.